The van der Waals surface area contributed by atoms with Crippen LogP contribution in [0.25, 0.3) is 16.7 Å². The minimum atomic E-state index is -1.12. The van der Waals surface area contributed by atoms with Crippen LogP contribution in [0, 0.1) is 5.92 Å². The Balaban J connectivity index is 2.26. The lowest BCUT2D eigenvalue weighted by atomic mass is 9.84. The van der Waals surface area contributed by atoms with Crippen molar-refractivity contribution in [1.82, 2.24) is 0 Å². The number of rotatable bonds is 5. The van der Waals surface area contributed by atoms with E-state index in [1.807, 2.05) is 49.4 Å². The van der Waals surface area contributed by atoms with Gasteiger partial charge in [-0.15, -0.1) is 0 Å². The second kappa shape index (κ2) is 8.72. The third kappa shape index (κ3) is 4.59. The molecular formula is C26H27ClO4. The molecule has 0 atom stereocenters. The van der Waals surface area contributed by atoms with Crippen LogP contribution in [0.5, 0.6) is 0 Å². The van der Waals surface area contributed by atoms with Crippen LogP contribution in [0.4, 0.5) is 0 Å². The lowest BCUT2D eigenvalue weighted by molar-refractivity contribution is -0.145. The average molecular weight is 439 g/mol. The van der Waals surface area contributed by atoms with Gasteiger partial charge in [0, 0.05) is 5.02 Å². The maximum Gasteiger partial charge on any atom is 0.313 e. The van der Waals surface area contributed by atoms with Crippen LogP contribution in [0.15, 0.2) is 60.6 Å². The number of carbonyl (C=O) groups excluding carboxylic acids is 2. The first kappa shape index (κ1) is 22.8. The van der Waals surface area contributed by atoms with Crippen LogP contribution in [-0.4, -0.2) is 17.4 Å². The predicted octanol–water partition coefficient (Wildman–Crippen LogP) is 6.37. The third-order valence-corrected chi connectivity index (χ3v) is 5.50. The normalized spacial score (nSPS) is 15.8. The molecule has 0 radical (unpaired) electrons. The van der Waals surface area contributed by atoms with E-state index in [2.05, 4.69) is 6.58 Å². The van der Waals surface area contributed by atoms with Crippen molar-refractivity contribution >= 4 is 28.9 Å². The molecule has 1 aliphatic rings. The molecule has 5 heteroatoms. The van der Waals surface area contributed by atoms with Gasteiger partial charge in [-0.05, 0) is 60.7 Å². The molecule has 0 fully saturated rings. The number of halogens is 1. The van der Waals surface area contributed by atoms with Gasteiger partial charge in [-0.2, -0.15) is 0 Å². The van der Waals surface area contributed by atoms with Crippen molar-refractivity contribution < 1.29 is 19.1 Å². The molecule has 0 spiro atoms. The van der Waals surface area contributed by atoms with E-state index >= 15 is 0 Å². The molecule has 0 N–H and O–H groups in total. The summed E-state index contributed by atoms with van der Waals surface area (Å²) < 4.78 is 11.4. The highest BCUT2D eigenvalue weighted by Crippen LogP contribution is 2.40. The first-order valence-corrected chi connectivity index (χ1v) is 10.7. The number of benzene rings is 2. The largest absolute Gasteiger partial charge is 0.476 e. The second-order valence-electron chi connectivity index (χ2n) is 8.38. The van der Waals surface area contributed by atoms with Gasteiger partial charge in [-0.25, -0.2) is 0 Å². The molecule has 0 unspecified atom stereocenters. The quantitative estimate of drug-likeness (QED) is 0.509. The summed E-state index contributed by atoms with van der Waals surface area (Å²) in [5.74, 6) is -0.803. The van der Waals surface area contributed by atoms with E-state index in [4.69, 9.17) is 21.1 Å². The number of aryl methyl sites for hydroxylation is 1. The molecule has 3 rings (SSSR count). The fourth-order valence-electron chi connectivity index (χ4n) is 3.45. The number of ketones is 1. The number of esters is 1. The summed E-state index contributed by atoms with van der Waals surface area (Å²) in [6, 6.07) is 13.5. The average Bonchev–Trinajstić information content (AvgIpc) is 2.72. The Morgan fingerprint density at radius 1 is 1.13 bits per heavy atom. The Morgan fingerprint density at radius 2 is 1.74 bits per heavy atom. The predicted molar refractivity (Wildman–Crippen MR) is 123 cm³/mol. The first-order chi connectivity index (χ1) is 14.5. The van der Waals surface area contributed by atoms with Gasteiger partial charge in [0.05, 0.1) is 11.5 Å². The summed E-state index contributed by atoms with van der Waals surface area (Å²) in [6.07, 6.45) is 0.701. The van der Waals surface area contributed by atoms with Gasteiger partial charge in [0.15, 0.2) is 17.1 Å². The van der Waals surface area contributed by atoms with E-state index in [0.29, 0.717) is 22.6 Å². The molecule has 4 nitrogen and oxygen atoms in total. The summed E-state index contributed by atoms with van der Waals surface area (Å²) in [5.41, 5.74) is 2.76. The zero-order chi connectivity index (χ0) is 22.9. The maximum absolute atomic E-state index is 13.5. The van der Waals surface area contributed by atoms with Crippen molar-refractivity contribution in [2.24, 2.45) is 5.92 Å². The fourth-order valence-corrected chi connectivity index (χ4v) is 3.58. The molecule has 0 amide bonds. The number of ether oxygens (including phenoxy) is 2. The van der Waals surface area contributed by atoms with Gasteiger partial charge in [-0.3, -0.25) is 9.59 Å². The summed E-state index contributed by atoms with van der Waals surface area (Å²) in [7, 11) is 0. The Morgan fingerprint density at radius 3 is 2.32 bits per heavy atom. The Labute approximate surface area is 188 Å². The minimum absolute atomic E-state index is 0.0889. The highest BCUT2D eigenvalue weighted by atomic mass is 35.5. The van der Waals surface area contributed by atoms with Crippen LogP contribution >= 0.6 is 11.6 Å². The summed E-state index contributed by atoms with van der Waals surface area (Å²) >= 11 is 6.04. The lowest BCUT2D eigenvalue weighted by Gasteiger charge is -2.34. The molecule has 31 heavy (non-hydrogen) atoms. The van der Waals surface area contributed by atoms with Crippen LogP contribution in [-0.2, 0) is 25.5 Å². The number of hydrogen-bond donors (Lipinski definition) is 0. The highest BCUT2D eigenvalue weighted by Gasteiger charge is 2.42. The van der Waals surface area contributed by atoms with Crippen molar-refractivity contribution in [3.63, 3.8) is 0 Å². The van der Waals surface area contributed by atoms with Gasteiger partial charge in [-0.1, -0.05) is 63.2 Å². The molecule has 2 aromatic carbocycles. The molecule has 0 bridgehead atoms. The smallest absolute Gasteiger partial charge is 0.313 e. The standard InChI is InChI=1S/C26H27ClO4/c1-7-17-8-9-19(18-10-12-20(27)13-11-18)14-21(17)22-23(30-25(29)15(2)3)16(4)31-26(5,6)24(22)28/h8-15H,4,7H2,1-3,5-6H3. The van der Waals surface area contributed by atoms with Crippen LogP contribution in [0.1, 0.15) is 45.7 Å². The van der Waals surface area contributed by atoms with Crippen LogP contribution in [0.3, 0.4) is 0 Å². The van der Waals surface area contributed by atoms with Gasteiger partial charge in [0.25, 0.3) is 0 Å². The topological polar surface area (TPSA) is 52.6 Å². The molecule has 0 aliphatic carbocycles. The Bertz CT molecular complexity index is 1080. The fraction of sp³-hybridized carbons (Fsp3) is 0.308. The monoisotopic (exact) mass is 438 g/mol. The van der Waals surface area contributed by atoms with Crippen LogP contribution in [0.2, 0.25) is 5.02 Å². The molecular weight excluding hydrogens is 412 g/mol. The SMILES string of the molecule is C=C1OC(C)(C)C(=O)C(c2cc(-c3ccc(Cl)cc3)ccc2CC)=C1OC(=O)C(C)C. The molecule has 1 heterocycles. The first-order valence-electron chi connectivity index (χ1n) is 10.3. The zero-order valence-electron chi connectivity index (χ0n) is 18.5. The van der Waals surface area contributed by atoms with E-state index in [1.54, 1.807) is 27.7 Å². The van der Waals surface area contributed by atoms with Crippen molar-refractivity contribution in [3.8, 4) is 11.1 Å². The van der Waals surface area contributed by atoms with E-state index < -0.39 is 11.6 Å². The molecule has 0 saturated heterocycles. The van der Waals surface area contributed by atoms with Crippen molar-refractivity contribution in [1.29, 1.82) is 0 Å². The van der Waals surface area contributed by atoms with Crippen molar-refractivity contribution in [3.05, 3.63) is 76.7 Å². The molecule has 162 valence electrons. The lowest BCUT2D eigenvalue weighted by Crippen LogP contribution is -2.40. The molecule has 1 aliphatic heterocycles. The third-order valence-electron chi connectivity index (χ3n) is 5.24. The van der Waals surface area contributed by atoms with E-state index in [9.17, 15) is 9.59 Å². The van der Waals surface area contributed by atoms with Gasteiger partial charge in [0.1, 0.15) is 0 Å². The number of carbonyl (C=O) groups is 2. The minimum Gasteiger partial charge on any atom is -0.476 e. The number of hydrogen-bond acceptors (Lipinski definition) is 4. The summed E-state index contributed by atoms with van der Waals surface area (Å²) in [4.78, 5) is 25.9. The second-order valence-corrected chi connectivity index (χ2v) is 8.81. The molecule has 2 aromatic rings. The van der Waals surface area contributed by atoms with E-state index in [1.165, 1.54) is 0 Å². The van der Waals surface area contributed by atoms with Crippen LogP contribution < -0.4 is 0 Å². The van der Waals surface area contributed by atoms with Crippen molar-refractivity contribution in [2.45, 2.75) is 46.6 Å². The summed E-state index contributed by atoms with van der Waals surface area (Å²) in [6.45, 7) is 12.8. The Kier molecular flexibility index (Phi) is 6.42. The van der Waals surface area contributed by atoms with E-state index in [-0.39, 0.29) is 23.2 Å². The highest BCUT2D eigenvalue weighted by molar-refractivity contribution is 6.30. The van der Waals surface area contributed by atoms with Crippen molar-refractivity contribution in [2.75, 3.05) is 0 Å². The zero-order valence-corrected chi connectivity index (χ0v) is 19.3. The van der Waals surface area contributed by atoms with Gasteiger partial charge >= 0.3 is 5.97 Å². The van der Waals surface area contributed by atoms with Gasteiger partial charge in [0.2, 0.25) is 5.78 Å². The van der Waals surface area contributed by atoms with E-state index in [0.717, 1.165) is 16.7 Å². The number of Topliss-reactive ketones (excluding diaryl/α,β-unsaturated/α-hetero) is 1. The maximum atomic E-state index is 13.5. The summed E-state index contributed by atoms with van der Waals surface area (Å²) in [5, 5.41) is 0.650. The van der Waals surface area contributed by atoms with Gasteiger partial charge < -0.3 is 9.47 Å². The Hall–Kier alpha value is -2.85. The molecule has 0 aromatic heterocycles. The molecule has 0 saturated carbocycles.